The Balaban J connectivity index is 2.95. The molecule has 0 aliphatic heterocycles. The predicted molar refractivity (Wildman–Crippen MR) is 83.7 cm³/mol. The van der Waals surface area contributed by atoms with E-state index < -0.39 is 5.54 Å². The number of hydrogen-bond acceptors (Lipinski definition) is 3. The van der Waals surface area contributed by atoms with Crippen molar-refractivity contribution in [2.45, 2.75) is 25.8 Å². The van der Waals surface area contributed by atoms with Crippen molar-refractivity contribution in [2.75, 3.05) is 19.0 Å². The van der Waals surface area contributed by atoms with Crippen molar-refractivity contribution in [1.82, 2.24) is 5.32 Å². The van der Waals surface area contributed by atoms with Crippen molar-refractivity contribution in [3.05, 3.63) is 29.8 Å². The molecule has 1 atom stereocenters. The van der Waals surface area contributed by atoms with E-state index in [1.165, 1.54) is 0 Å². The van der Waals surface area contributed by atoms with Crippen molar-refractivity contribution in [2.24, 2.45) is 5.73 Å². The summed E-state index contributed by atoms with van der Waals surface area (Å²) >= 11 is 5.02. The minimum Gasteiger partial charge on any atom is -0.391 e. The second-order valence-corrected chi connectivity index (χ2v) is 5.39. The van der Waals surface area contributed by atoms with Crippen molar-refractivity contribution >= 4 is 28.8 Å². The average molecular weight is 279 g/mol. The molecule has 0 bridgehead atoms. The van der Waals surface area contributed by atoms with Gasteiger partial charge in [-0.15, -0.1) is 0 Å². The fourth-order valence-electron chi connectivity index (χ4n) is 1.57. The van der Waals surface area contributed by atoms with E-state index in [0.29, 0.717) is 17.0 Å². The summed E-state index contributed by atoms with van der Waals surface area (Å²) in [6.07, 6.45) is 0.654. The maximum absolute atomic E-state index is 12.3. The molecular weight excluding hydrogens is 258 g/mol. The van der Waals surface area contributed by atoms with Crippen molar-refractivity contribution in [3.8, 4) is 0 Å². The van der Waals surface area contributed by atoms with E-state index >= 15 is 0 Å². The number of hydrogen-bond donors (Lipinski definition) is 2. The second kappa shape index (κ2) is 6.02. The van der Waals surface area contributed by atoms with Crippen LogP contribution in [0.3, 0.4) is 0 Å². The minimum atomic E-state index is -0.652. The molecule has 104 valence electrons. The highest BCUT2D eigenvalue weighted by Crippen LogP contribution is 2.15. The number of benzene rings is 1. The number of amides is 1. The number of nitrogens with two attached hydrogens (primary N) is 1. The molecule has 0 fully saturated rings. The van der Waals surface area contributed by atoms with Crippen LogP contribution in [0.25, 0.3) is 0 Å². The van der Waals surface area contributed by atoms with E-state index in [0.717, 1.165) is 5.69 Å². The third-order valence-corrected chi connectivity index (χ3v) is 3.72. The van der Waals surface area contributed by atoms with E-state index in [4.69, 9.17) is 18.0 Å². The Hall–Kier alpha value is -1.62. The molecule has 1 rings (SSSR count). The first-order chi connectivity index (χ1) is 8.80. The van der Waals surface area contributed by atoms with Crippen LogP contribution >= 0.6 is 12.2 Å². The lowest BCUT2D eigenvalue weighted by Gasteiger charge is -2.28. The van der Waals surface area contributed by atoms with Gasteiger partial charge < -0.3 is 16.0 Å². The summed E-state index contributed by atoms with van der Waals surface area (Å²) in [5.74, 6) is -0.166. The molecule has 0 spiro atoms. The van der Waals surface area contributed by atoms with Gasteiger partial charge in [0.1, 0.15) is 0 Å². The number of rotatable bonds is 5. The van der Waals surface area contributed by atoms with Gasteiger partial charge in [0.15, 0.2) is 0 Å². The van der Waals surface area contributed by atoms with E-state index in [9.17, 15) is 4.79 Å². The van der Waals surface area contributed by atoms with Crippen LogP contribution in [-0.4, -0.2) is 30.5 Å². The normalized spacial score (nSPS) is 13.5. The Kier molecular flexibility index (Phi) is 4.89. The van der Waals surface area contributed by atoms with E-state index in [1.54, 1.807) is 6.07 Å². The average Bonchev–Trinajstić information content (AvgIpc) is 2.38. The summed E-state index contributed by atoms with van der Waals surface area (Å²) in [6, 6.07) is 7.42. The molecule has 5 heteroatoms. The lowest BCUT2D eigenvalue weighted by Crippen LogP contribution is -2.54. The quantitative estimate of drug-likeness (QED) is 0.809. The van der Waals surface area contributed by atoms with Crippen LogP contribution in [0, 0.1) is 0 Å². The molecule has 0 heterocycles. The molecule has 1 amide bonds. The maximum atomic E-state index is 12.3. The van der Waals surface area contributed by atoms with Crippen LogP contribution in [0.1, 0.15) is 30.6 Å². The molecule has 0 saturated carbocycles. The highest BCUT2D eigenvalue weighted by molar-refractivity contribution is 7.80. The first kappa shape index (κ1) is 15.4. The lowest BCUT2D eigenvalue weighted by molar-refractivity contribution is 0.0926. The van der Waals surface area contributed by atoms with Gasteiger partial charge in [-0.1, -0.05) is 25.2 Å². The Morgan fingerprint density at radius 3 is 2.58 bits per heavy atom. The minimum absolute atomic E-state index is 0.166. The molecule has 19 heavy (non-hydrogen) atoms. The summed E-state index contributed by atoms with van der Waals surface area (Å²) in [5, 5.41) is 2.90. The molecule has 1 unspecified atom stereocenters. The standard InChI is InChI=1S/C14H21N3OS/c1-5-14(2,13(15)19)16-12(18)10-7-6-8-11(9-10)17(3)4/h6-9H,5H2,1-4H3,(H2,15,19)(H,16,18). The molecule has 1 aromatic carbocycles. The molecule has 0 aliphatic rings. The third-order valence-electron chi connectivity index (χ3n) is 3.27. The SMILES string of the molecule is CCC(C)(NC(=O)c1cccc(N(C)C)c1)C(N)=S. The summed E-state index contributed by atoms with van der Waals surface area (Å²) in [6.45, 7) is 3.78. The van der Waals surface area contributed by atoms with Gasteiger partial charge in [0.2, 0.25) is 0 Å². The van der Waals surface area contributed by atoms with Crippen LogP contribution in [0.15, 0.2) is 24.3 Å². The summed E-state index contributed by atoms with van der Waals surface area (Å²) in [7, 11) is 3.87. The summed E-state index contributed by atoms with van der Waals surface area (Å²) < 4.78 is 0. The van der Waals surface area contributed by atoms with Crippen LogP contribution in [0.4, 0.5) is 5.69 Å². The maximum Gasteiger partial charge on any atom is 0.252 e. The number of thiocarbonyl (C=S) groups is 1. The van der Waals surface area contributed by atoms with E-state index in [-0.39, 0.29) is 5.91 Å². The molecule has 3 N–H and O–H groups in total. The zero-order valence-electron chi connectivity index (χ0n) is 11.9. The molecule has 0 aromatic heterocycles. The van der Waals surface area contributed by atoms with Gasteiger partial charge in [0.05, 0.1) is 10.5 Å². The molecule has 0 aliphatic carbocycles. The zero-order chi connectivity index (χ0) is 14.6. The first-order valence-electron chi connectivity index (χ1n) is 6.20. The number of carbonyl (C=O) groups excluding carboxylic acids is 1. The van der Waals surface area contributed by atoms with Gasteiger partial charge >= 0.3 is 0 Å². The van der Waals surface area contributed by atoms with Gasteiger partial charge in [-0.2, -0.15) is 0 Å². The van der Waals surface area contributed by atoms with Crippen molar-refractivity contribution in [3.63, 3.8) is 0 Å². The highest BCUT2D eigenvalue weighted by Gasteiger charge is 2.27. The van der Waals surface area contributed by atoms with Crippen LogP contribution in [-0.2, 0) is 0 Å². The van der Waals surface area contributed by atoms with Crippen LogP contribution < -0.4 is 16.0 Å². The van der Waals surface area contributed by atoms with Crippen molar-refractivity contribution < 1.29 is 4.79 Å². The molecule has 4 nitrogen and oxygen atoms in total. The van der Waals surface area contributed by atoms with E-state index in [1.807, 2.05) is 51.0 Å². The Morgan fingerprint density at radius 2 is 2.11 bits per heavy atom. The van der Waals surface area contributed by atoms with Crippen LogP contribution in [0.5, 0.6) is 0 Å². The van der Waals surface area contributed by atoms with Crippen molar-refractivity contribution in [1.29, 1.82) is 0 Å². The Labute approximate surface area is 120 Å². The third kappa shape index (κ3) is 3.67. The largest absolute Gasteiger partial charge is 0.391 e. The topological polar surface area (TPSA) is 58.4 Å². The lowest BCUT2D eigenvalue weighted by atomic mass is 9.98. The Bertz CT molecular complexity index is 487. The van der Waals surface area contributed by atoms with E-state index in [2.05, 4.69) is 5.32 Å². The van der Waals surface area contributed by atoms with Gasteiger partial charge in [-0.05, 0) is 31.5 Å². The molecule has 0 radical (unpaired) electrons. The highest BCUT2D eigenvalue weighted by atomic mass is 32.1. The van der Waals surface area contributed by atoms with Gasteiger partial charge in [-0.3, -0.25) is 4.79 Å². The molecule has 1 aromatic rings. The fraction of sp³-hybridized carbons (Fsp3) is 0.429. The Morgan fingerprint density at radius 1 is 1.47 bits per heavy atom. The summed E-state index contributed by atoms with van der Waals surface area (Å²) in [4.78, 5) is 14.5. The van der Waals surface area contributed by atoms with Crippen LogP contribution in [0.2, 0.25) is 0 Å². The number of nitrogens with zero attached hydrogens (tertiary/aromatic N) is 1. The molecule has 0 saturated heterocycles. The van der Waals surface area contributed by atoms with Gasteiger partial charge in [0, 0.05) is 25.3 Å². The fourth-order valence-corrected chi connectivity index (χ4v) is 1.77. The monoisotopic (exact) mass is 279 g/mol. The van der Waals surface area contributed by atoms with Gasteiger partial charge in [0.25, 0.3) is 5.91 Å². The summed E-state index contributed by atoms with van der Waals surface area (Å²) in [5.41, 5.74) is 6.61. The molecular formula is C14H21N3OS. The predicted octanol–water partition coefficient (Wildman–Crippen LogP) is 1.94. The smallest absolute Gasteiger partial charge is 0.252 e. The zero-order valence-corrected chi connectivity index (χ0v) is 12.7. The number of anilines is 1. The number of nitrogens with one attached hydrogen (secondary N) is 1. The number of carbonyl (C=O) groups is 1. The van der Waals surface area contributed by atoms with Gasteiger partial charge in [-0.25, -0.2) is 0 Å². The first-order valence-corrected chi connectivity index (χ1v) is 6.61. The second-order valence-electron chi connectivity index (χ2n) is 4.95.